The lowest BCUT2D eigenvalue weighted by Gasteiger charge is -2.40. The van der Waals surface area contributed by atoms with Gasteiger partial charge in [-0.05, 0) is 68.6 Å². The molecular weight excluding hydrogens is 396 g/mol. The third-order valence-electron chi connectivity index (χ3n) is 6.94. The summed E-state index contributed by atoms with van der Waals surface area (Å²) in [4.78, 5) is 44.9. The molecule has 0 spiro atoms. The Bertz CT molecular complexity index is 923. The number of piperidine rings is 2. The Labute approximate surface area is 181 Å². The fourth-order valence-corrected chi connectivity index (χ4v) is 5.00. The molecular formula is C23H30N4O4. The number of nitrogens with zero attached hydrogens (tertiary/aromatic N) is 3. The van der Waals surface area contributed by atoms with E-state index in [-0.39, 0.29) is 12.4 Å². The van der Waals surface area contributed by atoms with E-state index in [0.717, 1.165) is 81.3 Å². The Morgan fingerprint density at radius 2 is 1.55 bits per heavy atom. The van der Waals surface area contributed by atoms with Gasteiger partial charge in [0.25, 0.3) is 12.4 Å². The smallest absolute Gasteiger partial charge is 0.290 e. The molecule has 0 radical (unpaired) electrons. The van der Waals surface area contributed by atoms with Crippen molar-refractivity contribution in [1.82, 2.24) is 19.8 Å². The van der Waals surface area contributed by atoms with Crippen LogP contribution >= 0.6 is 0 Å². The van der Waals surface area contributed by atoms with Crippen LogP contribution in [0.5, 0.6) is 0 Å². The maximum atomic E-state index is 12.9. The van der Waals surface area contributed by atoms with Crippen molar-refractivity contribution >= 4 is 29.3 Å². The number of aromatic amines is 1. The number of imidazole rings is 1. The van der Waals surface area contributed by atoms with E-state index < -0.39 is 0 Å². The largest absolute Gasteiger partial charge is 0.483 e. The van der Waals surface area contributed by atoms with E-state index in [1.807, 2.05) is 23.1 Å². The highest BCUT2D eigenvalue weighted by Gasteiger charge is 2.37. The second kappa shape index (κ2) is 9.49. The van der Waals surface area contributed by atoms with Crippen LogP contribution in [0.4, 0.5) is 0 Å². The van der Waals surface area contributed by atoms with Crippen LogP contribution in [0, 0.1) is 17.8 Å². The van der Waals surface area contributed by atoms with Gasteiger partial charge in [0, 0.05) is 37.7 Å². The van der Waals surface area contributed by atoms with Crippen LogP contribution in [0.25, 0.3) is 11.0 Å². The Kier molecular flexibility index (Phi) is 6.53. The van der Waals surface area contributed by atoms with E-state index in [0.29, 0.717) is 23.7 Å². The highest BCUT2D eigenvalue weighted by molar-refractivity contribution is 5.97. The van der Waals surface area contributed by atoms with Gasteiger partial charge in [-0.1, -0.05) is 0 Å². The number of carbonyl (C=O) groups excluding carboxylic acids is 2. The summed E-state index contributed by atoms with van der Waals surface area (Å²) >= 11 is 0. The van der Waals surface area contributed by atoms with Gasteiger partial charge in [-0.2, -0.15) is 0 Å². The molecule has 2 saturated heterocycles. The molecule has 1 aromatic carbocycles. The minimum Gasteiger partial charge on any atom is -0.483 e. The summed E-state index contributed by atoms with van der Waals surface area (Å²) in [6, 6.07) is 5.69. The predicted molar refractivity (Wildman–Crippen MR) is 115 cm³/mol. The van der Waals surface area contributed by atoms with Gasteiger partial charge in [0.2, 0.25) is 5.91 Å². The Morgan fingerprint density at radius 1 is 0.968 bits per heavy atom. The van der Waals surface area contributed by atoms with Crippen molar-refractivity contribution in [3.8, 4) is 0 Å². The van der Waals surface area contributed by atoms with Crippen molar-refractivity contribution in [2.45, 2.75) is 38.5 Å². The number of benzene rings is 1. The molecule has 3 aliphatic rings. The molecule has 0 bridgehead atoms. The van der Waals surface area contributed by atoms with Crippen LogP contribution in [0.2, 0.25) is 0 Å². The number of hydrogen-bond donors (Lipinski definition) is 2. The molecule has 3 fully saturated rings. The normalized spacial score (nSPS) is 20.3. The van der Waals surface area contributed by atoms with Crippen molar-refractivity contribution in [2.24, 2.45) is 17.8 Å². The number of H-pyrrole nitrogens is 1. The van der Waals surface area contributed by atoms with Gasteiger partial charge in [-0.3, -0.25) is 14.4 Å². The van der Waals surface area contributed by atoms with Crippen LogP contribution in [0.3, 0.4) is 0 Å². The zero-order valence-electron chi connectivity index (χ0n) is 17.7. The summed E-state index contributed by atoms with van der Waals surface area (Å²) in [7, 11) is 0. The minimum absolute atomic E-state index is 0.125. The van der Waals surface area contributed by atoms with E-state index >= 15 is 0 Å². The monoisotopic (exact) mass is 426 g/mol. The molecule has 8 nitrogen and oxygen atoms in total. The highest BCUT2D eigenvalue weighted by Crippen LogP contribution is 2.36. The number of likely N-dealkylation sites (tertiary alicyclic amines) is 2. The number of nitrogens with one attached hydrogen (secondary N) is 1. The van der Waals surface area contributed by atoms with Gasteiger partial charge < -0.3 is 19.9 Å². The Hall–Kier alpha value is -2.90. The number of rotatable bonds is 3. The van der Waals surface area contributed by atoms with Crippen LogP contribution < -0.4 is 0 Å². The maximum Gasteiger partial charge on any atom is 0.290 e. The highest BCUT2D eigenvalue weighted by atomic mass is 16.3. The predicted octanol–water partition coefficient (Wildman–Crippen LogP) is 2.76. The van der Waals surface area contributed by atoms with Gasteiger partial charge in [0.05, 0.1) is 17.4 Å². The molecule has 1 aliphatic carbocycles. The van der Waals surface area contributed by atoms with Crippen LogP contribution in [-0.2, 0) is 9.59 Å². The molecule has 1 aromatic heterocycles. The molecule has 31 heavy (non-hydrogen) atoms. The maximum absolute atomic E-state index is 12.9. The van der Waals surface area contributed by atoms with E-state index in [9.17, 15) is 9.59 Å². The topological polar surface area (TPSA) is 107 Å². The molecule has 0 atom stereocenters. The first-order valence-electron chi connectivity index (χ1n) is 11.2. The lowest BCUT2D eigenvalue weighted by Crippen LogP contribution is -2.44. The fraction of sp³-hybridized carbons (Fsp3) is 0.565. The van der Waals surface area contributed by atoms with Gasteiger partial charge >= 0.3 is 0 Å². The van der Waals surface area contributed by atoms with Crippen LogP contribution in [-0.4, -0.2) is 69.3 Å². The lowest BCUT2D eigenvalue weighted by molar-refractivity contribution is -0.134. The molecule has 1 saturated carbocycles. The molecule has 0 unspecified atom stereocenters. The van der Waals surface area contributed by atoms with Crippen molar-refractivity contribution in [1.29, 1.82) is 0 Å². The first-order chi connectivity index (χ1) is 15.1. The third kappa shape index (κ3) is 4.89. The average molecular weight is 427 g/mol. The second-order valence-electron chi connectivity index (χ2n) is 8.81. The Morgan fingerprint density at radius 3 is 2.13 bits per heavy atom. The van der Waals surface area contributed by atoms with Crippen LogP contribution in [0.1, 0.15) is 48.9 Å². The quantitative estimate of drug-likeness (QED) is 0.734. The van der Waals surface area contributed by atoms with Gasteiger partial charge in [-0.15, -0.1) is 0 Å². The van der Waals surface area contributed by atoms with Gasteiger partial charge in [-0.25, -0.2) is 4.98 Å². The van der Waals surface area contributed by atoms with E-state index in [1.165, 1.54) is 0 Å². The lowest BCUT2D eigenvalue weighted by atomic mass is 9.78. The van der Waals surface area contributed by atoms with E-state index in [2.05, 4.69) is 14.9 Å². The number of fused-ring (bicyclic) bond motifs is 1. The SMILES string of the molecule is O=C(c1ccc2nc[nH]c2c1)N1CCC(C2CCN(C(=O)C3CC3)CC2)CC1.O=CO. The average Bonchev–Trinajstić information content (AvgIpc) is 3.56. The van der Waals surface area contributed by atoms with E-state index in [1.54, 1.807) is 6.33 Å². The fourth-order valence-electron chi connectivity index (χ4n) is 5.00. The third-order valence-corrected chi connectivity index (χ3v) is 6.94. The minimum atomic E-state index is -0.250. The number of amides is 2. The number of hydrogen-bond acceptors (Lipinski definition) is 4. The molecule has 2 N–H and O–H groups in total. The van der Waals surface area contributed by atoms with Crippen molar-refractivity contribution in [3.05, 3.63) is 30.1 Å². The summed E-state index contributed by atoms with van der Waals surface area (Å²) in [6.45, 7) is 3.30. The molecule has 3 heterocycles. The zero-order valence-corrected chi connectivity index (χ0v) is 17.7. The molecule has 2 aliphatic heterocycles. The first-order valence-corrected chi connectivity index (χ1v) is 11.2. The molecule has 166 valence electrons. The molecule has 8 heteroatoms. The summed E-state index contributed by atoms with van der Waals surface area (Å²) in [5.74, 6) is 2.26. The first kappa shape index (κ1) is 21.3. The zero-order chi connectivity index (χ0) is 21.8. The summed E-state index contributed by atoms with van der Waals surface area (Å²) < 4.78 is 0. The summed E-state index contributed by atoms with van der Waals surface area (Å²) in [5.41, 5.74) is 2.54. The summed E-state index contributed by atoms with van der Waals surface area (Å²) in [5, 5.41) is 6.89. The molecule has 2 aromatic rings. The van der Waals surface area contributed by atoms with Gasteiger partial charge in [0.1, 0.15) is 0 Å². The van der Waals surface area contributed by atoms with E-state index in [4.69, 9.17) is 9.90 Å². The number of carboxylic acid groups (broad SMARTS) is 1. The number of aromatic nitrogens is 2. The molecule has 5 rings (SSSR count). The van der Waals surface area contributed by atoms with Crippen molar-refractivity contribution in [2.75, 3.05) is 26.2 Å². The molecule has 2 amide bonds. The van der Waals surface area contributed by atoms with Crippen molar-refractivity contribution < 1.29 is 19.5 Å². The van der Waals surface area contributed by atoms with Crippen molar-refractivity contribution in [3.63, 3.8) is 0 Å². The Balaban J connectivity index is 0.000000730. The number of carbonyl (C=O) groups is 3. The second-order valence-corrected chi connectivity index (χ2v) is 8.81. The van der Waals surface area contributed by atoms with Gasteiger partial charge in [0.15, 0.2) is 0 Å². The standard InChI is InChI=1S/C22H28N4O2.CH2O2/c27-21(17-1-2-17)25-9-5-15(6-10-25)16-7-11-26(12-8-16)22(28)18-3-4-19-20(13-18)24-14-23-19;2-1-3/h3-4,13-17H,1-2,5-12H2,(H,23,24);1H,(H,2,3). The van der Waals surface area contributed by atoms with Crippen LogP contribution in [0.15, 0.2) is 24.5 Å². The summed E-state index contributed by atoms with van der Waals surface area (Å²) in [6.07, 6.45) is 8.28.